The van der Waals surface area contributed by atoms with Crippen molar-refractivity contribution in [2.45, 2.75) is 25.0 Å². The monoisotopic (exact) mass is 214 g/mol. The minimum Gasteiger partial charge on any atom is -0.358 e. The fraction of sp³-hybridized carbons (Fsp3) is 0.625. The first-order valence-electron chi connectivity index (χ1n) is 4.38. The summed E-state index contributed by atoms with van der Waals surface area (Å²) in [5.41, 5.74) is 0. The summed E-state index contributed by atoms with van der Waals surface area (Å²) in [6, 6.07) is 0.317. The van der Waals surface area contributed by atoms with Crippen LogP contribution in [0.3, 0.4) is 0 Å². The van der Waals surface area contributed by atoms with Gasteiger partial charge in [-0.2, -0.15) is 0 Å². The molecular weight excluding hydrogens is 200 g/mol. The summed E-state index contributed by atoms with van der Waals surface area (Å²) in [5, 5.41) is 11.1. The van der Waals surface area contributed by atoms with Gasteiger partial charge in [0.15, 0.2) is 5.16 Å². The Morgan fingerprint density at radius 3 is 3.00 bits per heavy atom. The average molecular weight is 214 g/mol. The molecule has 0 spiro atoms. The molecule has 1 amide bonds. The highest BCUT2D eigenvalue weighted by Gasteiger charge is 2.09. The number of hydrogen-bond acceptors (Lipinski definition) is 4. The molecule has 0 aliphatic carbocycles. The molecule has 1 aromatic rings. The quantitative estimate of drug-likeness (QED) is 0.749. The lowest BCUT2D eigenvalue weighted by Gasteiger charge is -2.08. The summed E-state index contributed by atoms with van der Waals surface area (Å²) in [6.45, 7) is 4.10. The third-order valence-corrected chi connectivity index (χ3v) is 2.66. The van der Waals surface area contributed by atoms with E-state index in [9.17, 15) is 4.79 Å². The Balaban J connectivity index is 2.58. The topological polar surface area (TPSA) is 59.8 Å². The molecular formula is C8H14N4OS. The van der Waals surface area contributed by atoms with Gasteiger partial charge in [0.25, 0.3) is 0 Å². The van der Waals surface area contributed by atoms with E-state index >= 15 is 0 Å². The highest BCUT2D eigenvalue weighted by Crippen LogP contribution is 2.17. The van der Waals surface area contributed by atoms with Crippen molar-refractivity contribution in [2.24, 2.45) is 0 Å². The second-order valence-electron chi connectivity index (χ2n) is 3.08. The maximum Gasteiger partial charge on any atom is 0.230 e. The summed E-state index contributed by atoms with van der Waals surface area (Å²) < 4.78 is 1.94. The molecule has 0 aliphatic rings. The van der Waals surface area contributed by atoms with Gasteiger partial charge in [0.1, 0.15) is 6.33 Å². The molecule has 5 nitrogen and oxygen atoms in total. The Kier molecular flexibility index (Phi) is 3.94. The maximum absolute atomic E-state index is 11.0. The van der Waals surface area contributed by atoms with E-state index in [0.29, 0.717) is 11.8 Å². The molecule has 0 radical (unpaired) electrons. The molecule has 1 heterocycles. The predicted octanol–water partition coefficient (Wildman–Crippen LogP) is 0.697. The minimum atomic E-state index is -0.00620. The summed E-state index contributed by atoms with van der Waals surface area (Å²) in [5.74, 6) is 0.371. The zero-order valence-electron chi connectivity index (χ0n) is 8.52. The summed E-state index contributed by atoms with van der Waals surface area (Å²) in [4.78, 5) is 11.0. The molecule has 0 saturated carbocycles. The highest BCUT2D eigenvalue weighted by atomic mass is 32.2. The Morgan fingerprint density at radius 2 is 2.43 bits per heavy atom. The van der Waals surface area contributed by atoms with Gasteiger partial charge in [0.05, 0.1) is 5.75 Å². The molecule has 0 saturated heterocycles. The van der Waals surface area contributed by atoms with Crippen LogP contribution in [0.5, 0.6) is 0 Å². The van der Waals surface area contributed by atoms with Gasteiger partial charge < -0.3 is 9.88 Å². The van der Waals surface area contributed by atoms with E-state index in [1.165, 1.54) is 11.8 Å². The molecule has 1 aromatic heterocycles. The van der Waals surface area contributed by atoms with Crippen molar-refractivity contribution in [3.05, 3.63) is 6.33 Å². The lowest BCUT2D eigenvalue weighted by atomic mass is 10.4. The van der Waals surface area contributed by atoms with Gasteiger partial charge in [-0.15, -0.1) is 10.2 Å². The lowest BCUT2D eigenvalue weighted by molar-refractivity contribution is -0.118. The second kappa shape index (κ2) is 4.99. The van der Waals surface area contributed by atoms with Gasteiger partial charge in [-0.3, -0.25) is 4.79 Å². The lowest BCUT2D eigenvalue weighted by Crippen LogP contribution is -2.20. The number of carbonyl (C=O) groups is 1. The van der Waals surface area contributed by atoms with Gasteiger partial charge in [-0.25, -0.2) is 0 Å². The summed E-state index contributed by atoms with van der Waals surface area (Å²) in [6.07, 6.45) is 1.68. The standard InChI is InChI=1S/C8H14N4OS/c1-6(2)12-5-10-11-8(12)14-4-7(13)9-3/h5-6H,4H2,1-3H3,(H,9,13). The predicted molar refractivity (Wildman–Crippen MR) is 55.2 cm³/mol. The number of amides is 1. The van der Waals surface area contributed by atoms with Gasteiger partial charge in [0.2, 0.25) is 5.91 Å². The highest BCUT2D eigenvalue weighted by molar-refractivity contribution is 7.99. The number of hydrogen-bond donors (Lipinski definition) is 1. The third kappa shape index (κ3) is 2.73. The van der Waals surface area contributed by atoms with E-state index in [4.69, 9.17) is 0 Å². The number of aromatic nitrogens is 3. The van der Waals surface area contributed by atoms with Crippen LogP contribution in [0.1, 0.15) is 19.9 Å². The van der Waals surface area contributed by atoms with Crippen molar-refractivity contribution in [3.63, 3.8) is 0 Å². The molecule has 1 rings (SSSR count). The van der Waals surface area contributed by atoms with Crippen molar-refractivity contribution >= 4 is 17.7 Å². The SMILES string of the molecule is CNC(=O)CSc1nncn1C(C)C. The average Bonchev–Trinajstić information content (AvgIpc) is 2.62. The largest absolute Gasteiger partial charge is 0.358 e. The molecule has 0 atom stereocenters. The van der Waals surface area contributed by atoms with Crippen molar-refractivity contribution < 1.29 is 4.79 Å². The molecule has 0 aliphatic heterocycles. The molecule has 0 fully saturated rings. The Morgan fingerprint density at radius 1 is 1.71 bits per heavy atom. The van der Waals surface area contributed by atoms with Crippen LogP contribution in [-0.2, 0) is 4.79 Å². The molecule has 14 heavy (non-hydrogen) atoms. The van der Waals surface area contributed by atoms with Gasteiger partial charge in [0, 0.05) is 13.1 Å². The Labute approximate surface area is 87.3 Å². The first kappa shape index (κ1) is 11.0. The first-order chi connectivity index (χ1) is 6.65. The number of nitrogens with one attached hydrogen (secondary N) is 1. The van der Waals surface area contributed by atoms with Crippen LogP contribution < -0.4 is 5.32 Å². The minimum absolute atomic E-state index is 0.00620. The van der Waals surface area contributed by atoms with Crippen molar-refractivity contribution in [2.75, 3.05) is 12.8 Å². The van der Waals surface area contributed by atoms with Gasteiger partial charge >= 0.3 is 0 Å². The van der Waals surface area contributed by atoms with Gasteiger partial charge in [-0.05, 0) is 13.8 Å². The number of rotatable bonds is 4. The number of carbonyl (C=O) groups excluding carboxylic acids is 1. The number of nitrogens with zero attached hydrogens (tertiary/aromatic N) is 3. The van der Waals surface area contributed by atoms with Crippen LogP contribution in [0.4, 0.5) is 0 Å². The van der Waals surface area contributed by atoms with E-state index in [-0.39, 0.29) is 5.91 Å². The van der Waals surface area contributed by atoms with E-state index in [1.54, 1.807) is 13.4 Å². The fourth-order valence-corrected chi connectivity index (χ4v) is 1.81. The third-order valence-electron chi connectivity index (χ3n) is 1.71. The summed E-state index contributed by atoms with van der Waals surface area (Å²) in [7, 11) is 1.62. The molecule has 6 heteroatoms. The van der Waals surface area contributed by atoms with Crippen molar-refractivity contribution in [1.82, 2.24) is 20.1 Å². The van der Waals surface area contributed by atoms with Crippen LogP contribution in [-0.4, -0.2) is 33.5 Å². The zero-order chi connectivity index (χ0) is 10.6. The van der Waals surface area contributed by atoms with Crippen LogP contribution in [0.2, 0.25) is 0 Å². The second-order valence-corrected chi connectivity index (χ2v) is 4.02. The molecule has 1 N–H and O–H groups in total. The van der Waals surface area contributed by atoms with Crippen molar-refractivity contribution in [1.29, 1.82) is 0 Å². The van der Waals surface area contributed by atoms with E-state index in [1.807, 2.05) is 18.4 Å². The zero-order valence-corrected chi connectivity index (χ0v) is 9.34. The van der Waals surface area contributed by atoms with Crippen LogP contribution in [0.25, 0.3) is 0 Å². The summed E-state index contributed by atoms with van der Waals surface area (Å²) >= 11 is 1.39. The molecule has 0 aromatic carbocycles. The van der Waals surface area contributed by atoms with Crippen LogP contribution in [0, 0.1) is 0 Å². The smallest absolute Gasteiger partial charge is 0.230 e. The van der Waals surface area contributed by atoms with Crippen LogP contribution in [0.15, 0.2) is 11.5 Å². The van der Waals surface area contributed by atoms with Crippen LogP contribution >= 0.6 is 11.8 Å². The van der Waals surface area contributed by atoms with E-state index in [0.717, 1.165) is 5.16 Å². The molecule has 78 valence electrons. The normalized spacial score (nSPS) is 10.6. The first-order valence-corrected chi connectivity index (χ1v) is 5.36. The molecule has 0 unspecified atom stereocenters. The van der Waals surface area contributed by atoms with Gasteiger partial charge in [-0.1, -0.05) is 11.8 Å². The maximum atomic E-state index is 11.0. The van der Waals surface area contributed by atoms with E-state index < -0.39 is 0 Å². The number of thioether (sulfide) groups is 1. The van der Waals surface area contributed by atoms with E-state index in [2.05, 4.69) is 15.5 Å². The Hall–Kier alpha value is -1.04. The van der Waals surface area contributed by atoms with Crippen molar-refractivity contribution in [3.8, 4) is 0 Å². The Bertz CT molecular complexity index is 310. The fourth-order valence-electron chi connectivity index (χ4n) is 0.892. The molecule has 0 bridgehead atoms.